The van der Waals surface area contributed by atoms with Gasteiger partial charge < -0.3 is 14.9 Å². The van der Waals surface area contributed by atoms with E-state index in [0.29, 0.717) is 6.42 Å². The van der Waals surface area contributed by atoms with Gasteiger partial charge >= 0.3 is 7.82 Å². The topological polar surface area (TPSA) is 136 Å². The molecule has 0 saturated carbocycles. The van der Waals surface area contributed by atoms with Crippen LogP contribution >= 0.6 is 7.82 Å². The van der Waals surface area contributed by atoms with Crippen LogP contribution in [0.1, 0.15) is 96.8 Å². The Bertz CT molecular complexity index is 441. The SMILES string of the molecule is CCCCCCCCCCCCCCC[C@H](O)[C@@H](COP(=O)(O)O)N=[N+]=[N-]. The summed E-state index contributed by atoms with van der Waals surface area (Å²) in [5.41, 5.74) is 8.50. The minimum atomic E-state index is -4.64. The number of unbranched alkanes of at least 4 members (excludes halogenated alkanes) is 12. The number of phosphoric ester groups is 1. The molecule has 0 amide bonds. The number of rotatable bonds is 19. The van der Waals surface area contributed by atoms with Crippen LogP contribution in [0.15, 0.2) is 5.11 Å². The van der Waals surface area contributed by atoms with Crippen molar-refractivity contribution < 1.29 is 24.0 Å². The van der Waals surface area contributed by atoms with E-state index >= 15 is 0 Å². The quantitative estimate of drug-likeness (QED) is 0.0839. The molecule has 0 saturated heterocycles. The molecular formula is C18H38N3O5P. The molecule has 0 spiro atoms. The molecular weight excluding hydrogens is 369 g/mol. The molecule has 0 rings (SSSR count). The first-order valence-electron chi connectivity index (χ1n) is 10.3. The fourth-order valence-corrected chi connectivity index (χ4v) is 3.37. The summed E-state index contributed by atoms with van der Waals surface area (Å²) in [6, 6.07) is -0.986. The van der Waals surface area contributed by atoms with Gasteiger partial charge in [-0.25, -0.2) is 4.57 Å². The molecule has 0 aromatic carbocycles. The Kier molecular flexibility index (Phi) is 17.1. The van der Waals surface area contributed by atoms with Crippen LogP contribution in [-0.4, -0.2) is 33.6 Å². The van der Waals surface area contributed by atoms with E-state index in [2.05, 4.69) is 21.5 Å². The summed E-state index contributed by atoms with van der Waals surface area (Å²) in [7, 11) is -4.64. The van der Waals surface area contributed by atoms with E-state index in [1.54, 1.807) is 0 Å². The monoisotopic (exact) mass is 407 g/mol. The third-order valence-electron chi connectivity index (χ3n) is 4.66. The fraction of sp³-hybridized carbons (Fsp3) is 1.00. The van der Waals surface area contributed by atoms with Crippen molar-refractivity contribution in [3.63, 3.8) is 0 Å². The van der Waals surface area contributed by atoms with Crippen LogP contribution < -0.4 is 0 Å². The van der Waals surface area contributed by atoms with Crippen molar-refractivity contribution in [3.8, 4) is 0 Å². The molecule has 0 radical (unpaired) electrons. The van der Waals surface area contributed by atoms with Gasteiger partial charge in [0, 0.05) is 4.91 Å². The Balaban J connectivity index is 3.61. The van der Waals surface area contributed by atoms with Gasteiger partial charge in [0.25, 0.3) is 0 Å². The Labute approximate surface area is 163 Å². The molecule has 0 aromatic heterocycles. The summed E-state index contributed by atoms with van der Waals surface area (Å²) in [4.78, 5) is 20.0. The minimum absolute atomic E-state index is 0.423. The van der Waals surface area contributed by atoms with Crippen molar-refractivity contribution in [3.05, 3.63) is 10.4 Å². The predicted molar refractivity (Wildman–Crippen MR) is 107 cm³/mol. The van der Waals surface area contributed by atoms with Crippen LogP contribution in [0, 0.1) is 0 Å². The second-order valence-electron chi connectivity index (χ2n) is 7.16. The van der Waals surface area contributed by atoms with Gasteiger partial charge in [0.2, 0.25) is 0 Å². The second-order valence-corrected chi connectivity index (χ2v) is 8.40. The molecule has 0 aliphatic carbocycles. The summed E-state index contributed by atoms with van der Waals surface area (Å²) in [5, 5.41) is 13.4. The lowest BCUT2D eigenvalue weighted by Crippen LogP contribution is -2.28. The van der Waals surface area contributed by atoms with E-state index in [9.17, 15) is 9.67 Å². The van der Waals surface area contributed by atoms with Crippen molar-refractivity contribution in [2.75, 3.05) is 6.61 Å². The Morgan fingerprint density at radius 1 is 0.926 bits per heavy atom. The predicted octanol–water partition coefficient (Wildman–Crippen LogP) is 5.62. The van der Waals surface area contributed by atoms with Gasteiger partial charge in [-0.2, -0.15) is 0 Å². The van der Waals surface area contributed by atoms with E-state index in [4.69, 9.17) is 15.3 Å². The van der Waals surface area contributed by atoms with Gasteiger partial charge in [0.1, 0.15) is 0 Å². The van der Waals surface area contributed by atoms with Gasteiger partial charge in [0.05, 0.1) is 18.8 Å². The first-order valence-corrected chi connectivity index (χ1v) is 11.9. The van der Waals surface area contributed by atoms with E-state index < -0.39 is 26.6 Å². The van der Waals surface area contributed by atoms with Crippen molar-refractivity contribution >= 4 is 7.82 Å². The number of aliphatic hydroxyl groups excluding tert-OH is 1. The molecule has 9 heteroatoms. The van der Waals surface area contributed by atoms with Crippen LogP contribution in [0.5, 0.6) is 0 Å². The molecule has 0 aliphatic heterocycles. The van der Waals surface area contributed by atoms with Gasteiger partial charge in [-0.3, -0.25) is 4.52 Å². The van der Waals surface area contributed by atoms with Crippen LogP contribution in [-0.2, 0) is 9.09 Å². The third-order valence-corrected chi connectivity index (χ3v) is 5.15. The Morgan fingerprint density at radius 2 is 1.37 bits per heavy atom. The Morgan fingerprint density at radius 3 is 1.78 bits per heavy atom. The second kappa shape index (κ2) is 17.5. The minimum Gasteiger partial charge on any atom is -0.393 e. The lowest BCUT2D eigenvalue weighted by Gasteiger charge is -2.18. The zero-order valence-corrected chi connectivity index (χ0v) is 17.6. The standard InChI is InChI=1S/C18H38N3O5P/c1-2-3-4-5-6-7-8-9-10-11-12-13-14-15-18(22)17(20-21-19)16-26-27(23,24)25/h17-18,22H,2-16H2,1H3,(H2,23,24,25)/t17-,18+/m1/s1. The molecule has 0 fully saturated rings. The van der Waals surface area contributed by atoms with Crippen molar-refractivity contribution in [2.24, 2.45) is 5.11 Å². The summed E-state index contributed by atoms with van der Waals surface area (Å²) in [6.07, 6.45) is 15.5. The fourth-order valence-electron chi connectivity index (χ4n) is 3.02. The third kappa shape index (κ3) is 18.5. The van der Waals surface area contributed by atoms with E-state index in [-0.39, 0.29) is 0 Å². The van der Waals surface area contributed by atoms with Crippen molar-refractivity contribution in [1.82, 2.24) is 0 Å². The maximum Gasteiger partial charge on any atom is 0.469 e. The maximum atomic E-state index is 10.7. The number of hydrogen-bond donors (Lipinski definition) is 3. The average molecular weight is 407 g/mol. The number of hydrogen-bond acceptors (Lipinski definition) is 4. The van der Waals surface area contributed by atoms with Crippen molar-refractivity contribution in [2.45, 2.75) is 109 Å². The normalized spacial score (nSPS) is 13.9. The number of phosphoric acid groups is 1. The lowest BCUT2D eigenvalue weighted by atomic mass is 10.0. The average Bonchev–Trinajstić information content (AvgIpc) is 2.61. The van der Waals surface area contributed by atoms with E-state index in [0.717, 1.165) is 19.3 Å². The van der Waals surface area contributed by atoms with Gasteiger partial charge in [-0.15, -0.1) is 0 Å². The van der Waals surface area contributed by atoms with Crippen LogP contribution in [0.25, 0.3) is 10.4 Å². The molecule has 0 unspecified atom stereocenters. The molecule has 160 valence electrons. The molecule has 2 atom stereocenters. The molecule has 0 aromatic rings. The number of aliphatic hydroxyl groups is 1. The molecule has 27 heavy (non-hydrogen) atoms. The van der Waals surface area contributed by atoms with Gasteiger partial charge in [-0.05, 0) is 12.0 Å². The van der Waals surface area contributed by atoms with Crippen molar-refractivity contribution in [1.29, 1.82) is 0 Å². The maximum absolute atomic E-state index is 10.7. The summed E-state index contributed by atoms with van der Waals surface area (Å²) < 4.78 is 15.0. The van der Waals surface area contributed by atoms with E-state index in [1.165, 1.54) is 64.2 Å². The van der Waals surface area contributed by atoms with Crippen LogP contribution in [0.3, 0.4) is 0 Å². The molecule has 8 nitrogen and oxygen atoms in total. The number of nitrogens with zero attached hydrogens (tertiary/aromatic N) is 3. The summed E-state index contributed by atoms with van der Waals surface area (Å²) >= 11 is 0. The largest absolute Gasteiger partial charge is 0.469 e. The van der Waals surface area contributed by atoms with E-state index in [1.807, 2.05) is 0 Å². The first kappa shape index (κ1) is 26.4. The highest BCUT2D eigenvalue weighted by Crippen LogP contribution is 2.36. The summed E-state index contributed by atoms with van der Waals surface area (Å²) in [6.45, 7) is 1.74. The zero-order valence-electron chi connectivity index (χ0n) is 16.7. The number of azide groups is 1. The van der Waals surface area contributed by atoms with Crippen LogP contribution in [0.4, 0.5) is 0 Å². The summed E-state index contributed by atoms with van der Waals surface area (Å²) in [5.74, 6) is 0. The Hall–Kier alpha value is -0.620. The smallest absolute Gasteiger partial charge is 0.393 e. The van der Waals surface area contributed by atoms with Crippen LogP contribution in [0.2, 0.25) is 0 Å². The highest BCUT2D eigenvalue weighted by Gasteiger charge is 2.22. The molecule has 0 heterocycles. The molecule has 3 N–H and O–H groups in total. The van der Waals surface area contributed by atoms with Gasteiger partial charge in [0.15, 0.2) is 0 Å². The zero-order chi connectivity index (χ0) is 20.4. The highest BCUT2D eigenvalue weighted by molar-refractivity contribution is 7.46. The van der Waals surface area contributed by atoms with Gasteiger partial charge in [-0.1, -0.05) is 95.5 Å². The molecule has 0 bridgehead atoms. The molecule has 0 aliphatic rings. The lowest BCUT2D eigenvalue weighted by molar-refractivity contribution is 0.0933. The first-order chi connectivity index (χ1) is 12.9. The highest BCUT2D eigenvalue weighted by atomic mass is 31.2.